The van der Waals surface area contributed by atoms with Gasteiger partial charge in [0.25, 0.3) is 0 Å². The molecule has 1 atom stereocenters. The molecule has 0 amide bonds. The summed E-state index contributed by atoms with van der Waals surface area (Å²) in [7, 11) is 0. The zero-order valence-electron chi connectivity index (χ0n) is 13.5. The maximum atomic E-state index is 8.84. The van der Waals surface area contributed by atoms with Gasteiger partial charge in [0.05, 0.1) is 6.61 Å². The molecule has 0 aromatic heterocycles. The molecule has 1 aliphatic rings. The van der Waals surface area contributed by atoms with Gasteiger partial charge in [0, 0.05) is 25.1 Å². The highest BCUT2D eigenvalue weighted by Crippen LogP contribution is 2.34. The van der Waals surface area contributed by atoms with Crippen LogP contribution in [0.15, 0.2) is 24.3 Å². The summed E-state index contributed by atoms with van der Waals surface area (Å²) < 4.78 is 0. The van der Waals surface area contributed by atoms with Gasteiger partial charge in [0.1, 0.15) is 0 Å². The summed E-state index contributed by atoms with van der Waals surface area (Å²) >= 11 is 0. The van der Waals surface area contributed by atoms with Crippen molar-refractivity contribution in [1.82, 2.24) is 4.90 Å². The fourth-order valence-electron chi connectivity index (χ4n) is 2.92. The van der Waals surface area contributed by atoms with Crippen molar-refractivity contribution in [2.24, 2.45) is 11.3 Å². The van der Waals surface area contributed by atoms with E-state index in [-0.39, 0.29) is 6.61 Å². The molecule has 0 aliphatic carbocycles. The molecular weight excluding hydrogens is 258 g/mol. The summed E-state index contributed by atoms with van der Waals surface area (Å²) in [6.07, 6.45) is 1.84. The lowest BCUT2D eigenvalue weighted by atomic mass is 9.80. The number of benzene rings is 1. The van der Waals surface area contributed by atoms with Gasteiger partial charge >= 0.3 is 0 Å². The van der Waals surface area contributed by atoms with Crippen LogP contribution in [0.25, 0.3) is 0 Å². The van der Waals surface area contributed by atoms with Crippen LogP contribution < -0.4 is 0 Å². The molecule has 21 heavy (non-hydrogen) atoms. The number of nitrogens with zero attached hydrogens (tertiary/aromatic N) is 1. The van der Waals surface area contributed by atoms with E-state index in [0.29, 0.717) is 11.8 Å². The van der Waals surface area contributed by atoms with E-state index in [1.807, 2.05) is 6.07 Å². The van der Waals surface area contributed by atoms with Crippen molar-refractivity contribution < 1.29 is 5.11 Å². The van der Waals surface area contributed by atoms with Crippen LogP contribution in [0.2, 0.25) is 0 Å². The van der Waals surface area contributed by atoms with E-state index in [9.17, 15) is 0 Å². The summed E-state index contributed by atoms with van der Waals surface area (Å²) in [5.74, 6) is 7.01. The van der Waals surface area contributed by atoms with Crippen molar-refractivity contribution in [3.05, 3.63) is 35.4 Å². The highest BCUT2D eigenvalue weighted by atomic mass is 16.2. The molecular formula is C19H27NO. The van der Waals surface area contributed by atoms with Gasteiger partial charge in [-0.3, -0.25) is 4.90 Å². The molecule has 1 aromatic rings. The number of hydrogen-bond acceptors (Lipinski definition) is 2. The normalized spacial score (nSPS) is 19.3. The second-order valence-corrected chi connectivity index (χ2v) is 7.02. The van der Waals surface area contributed by atoms with E-state index in [1.165, 1.54) is 25.1 Å². The molecule has 0 saturated carbocycles. The van der Waals surface area contributed by atoms with Gasteiger partial charge in [-0.05, 0) is 35.9 Å². The molecule has 0 radical (unpaired) electrons. The molecule has 1 fully saturated rings. The zero-order chi connectivity index (χ0) is 15.3. The molecule has 1 aromatic carbocycles. The van der Waals surface area contributed by atoms with Crippen molar-refractivity contribution in [3.63, 3.8) is 0 Å². The molecule has 1 heterocycles. The summed E-state index contributed by atoms with van der Waals surface area (Å²) in [6.45, 7) is 10.5. The standard InChI is InChI=1S/C19H27NO/c1-19(2,3)18-11-12-20(15-18)14-17-10-5-4-8-16(17)9-6-7-13-21/h4-5,8,10,18,21H,7,11-15H2,1-3H3. The molecule has 2 rings (SSSR count). The Morgan fingerprint density at radius 1 is 1.29 bits per heavy atom. The van der Waals surface area contributed by atoms with E-state index in [4.69, 9.17) is 5.11 Å². The van der Waals surface area contributed by atoms with Crippen molar-refractivity contribution in [2.45, 2.75) is 40.2 Å². The Bertz CT molecular complexity index is 518. The summed E-state index contributed by atoms with van der Waals surface area (Å²) in [6, 6.07) is 8.38. The van der Waals surface area contributed by atoms with Crippen LogP contribution in [0.3, 0.4) is 0 Å². The van der Waals surface area contributed by atoms with E-state index < -0.39 is 0 Å². The third kappa shape index (κ3) is 4.59. The molecule has 1 saturated heterocycles. The molecule has 0 spiro atoms. The van der Waals surface area contributed by atoms with E-state index in [1.54, 1.807) is 0 Å². The number of aliphatic hydroxyl groups excluding tert-OH is 1. The minimum Gasteiger partial charge on any atom is -0.395 e. The van der Waals surface area contributed by atoms with Crippen molar-refractivity contribution in [3.8, 4) is 11.8 Å². The largest absolute Gasteiger partial charge is 0.395 e. The first kappa shape index (κ1) is 16.1. The van der Waals surface area contributed by atoms with Gasteiger partial charge in [-0.15, -0.1) is 0 Å². The topological polar surface area (TPSA) is 23.5 Å². The average Bonchev–Trinajstić information content (AvgIpc) is 2.89. The Labute approximate surface area is 129 Å². The van der Waals surface area contributed by atoms with Crippen molar-refractivity contribution >= 4 is 0 Å². The minimum atomic E-state index is 0.133. The zero-order valence-corrected chi connectivity index (χ0v) is 13.5. The average molecular weight is 285 g/mol. The summed E-state index contributed by atoms with van der Waals surface area (Å²) in [4.78, 5) is 2.54. The van der Waals surface area contributed by atoms with Crippen molar-refractivity contribution in [2.75, 3.05) is 19.7 Å². The van der Waals surface area contributed by atoms with E-state index in [0.717, 1.165) is 18.0 Å². The summed E-state index contributed by atoms with van der Waals surface area (Å²) in [5.41, 5.74) is 2.80. The van der Waals surface area contributed by atoms with Gasteiger partial charge < -0.3 is 5.11 Å². The second-order valence-electron chi connectivity index (χ2n) is 7.02. The van der Waals surface area contributed by atoms with Gasteiger partial charge in [-0.1, -0.05) is 50.8 Å². The van der Waals surface area contributed by atoms with Crippen LogP contribution in [0.4, 0.5) is 0 Å². The first-order chi connectivity index (χ1) is 10.0. The highest BCUT2D eigenvalue weighted by molar-refractivity contribution is 5.41. The molecule has 2 nitrogen and oxygen atoms in total. The minimum absolute atomic E-state index is 0.133. The van der Waals surface area contributed by atoms with Crippen LogP contribution in [0.1, 0.15) is 44.7 Å². The maximum Gasteiger partial charge on any atom is 0.0540 e. The Kier molecular flexibility index (Phi) is 5.45. The van der Waals surface area contributed by atoms with Gasteiger partial charge in [-0.25, -0.2) is 0 Å². The fraction of sp³-hybridized carbons (Fsp3) is 0.579. The number of likely N-dealkylation sites (tertiary alicyclic amines) is 1. The Morgan fingerprint density at radius 3 is 2.71 bits per heavy atom. The third-order valence-corrected chi connectivity index (χ3v) is 4.37. The lowest BCUT2D eigenvalue weighted by Crippen LogP contribution is -2.26. The lowest BCUT2D eigenvalue weighted by Gasteiger charge is -2.27. The van der Waals surface area contributed by atoms with Crippen LogP contribution in [-0.4, -0.2) is 29.7 Å². The molecule has 2 heteroatoms. The number of aliphatic hydroxyl groups is 1. The first-order valence-corrected chi connectivity index (χ1v) is 7.90. The van der Waals surface area contributed by atoms with Gasteiger partial charge in [0.15, 0.2) is 0 Å². The van der Waals surface area contributed by atoms with Crippen LogP contribution in [0, 0.1) is 23.2 Å². The predicted octanol–water partition coefficient (Wildman–Crippen LogP) is 3.29. The Hall–Kier alpha value is -1.30. The Balaban J connectivity index is 2.03. The smallest absolute Gasteiger partial charge is 0.0540 e. The predicted molar refractivity (Wildman–Crippen MR) is 87.9 cm³/mol. The highest BCUT2D eigenvalue weighted by Gasteiger charge is 2.31. The monoisotopic (exact) mass is 285 g/mol. The molecule has 114 valence electrons. The quantitative estimate of drug-likeness (QED) is 0.862. The SMILES string of the molecule is CC(C)(C)C1CCN(Cc2ccccc2C#CCCO)C1. The van der Waals surface area contributed by atoms with Crippen LogP contribution in [-0.2, 0) is 6.54 Å². The Morgan fingerprint density at radius 2 is 2.05 bits per heavy atom. The molecule has 1 aliphatic heterocycles. The molecule has 1 N–H and O–H groups in total. The third-order valence-electron chi connectivity index (χ3n) is 4.37. The summed E-state index contributed by atoms with van der Waals surface area (Å²) in [5, 5.41) is 8.84. The van der Waals surface area contributed by atoms with Gasteiger partial charge in [0.2, 0.25) is 0 Å². The number of hydrogen-bond donors (Lipinski definition) is 1. The van der Waals surface area contributed by atoms with Crippen molar-refractivity contribution in [1.29, 1.82) is 0 Å². The maximum absolute atomic E-state index is 8.84. The van der Waals surface area contributed by atoms with Crippen LogP contribution in [0.5, 0.6) is 0 Å². The molecule has 0 bridgehead atoms. The fourth-order valence-corrected chi connectivity index (χ4v) is 2.92. The van der Waals surface area contributed by atoms with E-state index in [2.05, 4.69) is 55.7 Å². The first-order valence-electron chi connectivity index (χ1n) is 7.90. The van der Waals surface area contributed by atoms with Gasteiger partial charge in [-0.2, -0.15) is 0 Å². The van der Waals surface area contributed by atoms with Crippen LogP contribution >= 0.6 is 0 Å². The lowest BCUT2D eigenvalue weighted by molar-refractivity contribution is 0.226. The van der Waals surface area contributed by atoms with E-state index >= 15 is 0 Å². The number of rotatable bonds is 3. The molecule has 1 unspecified atom stereocenters. The second kappa shape index (κ2) is 7.11.